The first-order valence-corrected chi connectivity index (χ1v) is 9.64. The molecule has 0 amide bonds. The van der Waals surface area contributed by atoms with Crippen LogP contribution in [0.1, 0.15) is 33.6 Å². The minimum absolute atomic E-state index is 0.504. The minimum Gasteiger partial charge on any atom is -0.312 e. The van der Waals surface area contributed by atoms with Crippen LogP contribution in [-0.2, 0) is 10.0 Å². The molecule has 2 atom stereocenters. The highest BCUT2D eigenvalue weighted by molar-refractivity contribution is 7.88. The molecule has 1 aliphatic heterocycles. The Labute approximate surface area is 124 Å². The first-order valence-electron chi connectivity index (χ1n) is 7.79. The summed E-state index contributed by atoms with van der Waals surface area (Å²) in [6.45, 7) is 11.7. The maximum atomic E-state index is 11.5. The van der Waals surface area contributed by atoms with Gasteiger partial charge >= 0.3 is 0 Å². The molecule has 2 unspecified atom stereocenters. The van der Waals surface area contributed by atoms with Crippen LogP contribution in [0.2, 0.25) is 0 Å². The van der Waals surface area contributed by atoms with Crippen molar-refractivity contribution in [1.82, 2.24) is 14.5 Å². The van der Waals surface area contributed by atoms with Crippen LogP contribution in [0, 0.1) is 5.92 Å². The third-order valence-corrected chi connectivity index (χ3v) is 5.55. The third-order valence-electron chi connectivity index (χ3n) is 4.24. The van der Waals surface area contributed by atoms with E-state index in [1.165, 1.54) is 12.7 Å². The van der Waals surface area contributed by atoms with Gasteiger partial charge in [0.25, 0.3) is 0 Å². The molecule has 0 aromatic rings. The molecule has 0 saturated carbocycles. The lowest BCUT2D eigenvalue weighted by Gasteiger charge is -2.37. The fourth-order valence-electron chi connectivity index (χ4n) is 2.58. The lowest BCUT2D eigenvalue weighted by atomic mass is 9.98. The number of piperazine rings is 1. The first-order chi connectivity index (χ1) is 9.38. The van der Waals surface area contributed by atoms with Gasteiger partial charge in [0.15, 0.2) is 0 Å². The third kappa shape index (κ3) is 5.68. The molecule has 20 heavy (non-hydrogen) atoms. The van der Waals surface area contributed by atoms with Crippen molar-refractivity contribution in [3.05, 3.63) is 0 Å². The highest BCUT2D eigenvalue weighted by atomic mass is 32.2. The first kappa shape index (κ1) is 17.9. The van der Waals surface area contributed by atoms with E-state index in [4.69, 9.17) is 0 Å². The Morgan fingerprint density at radius 3 is 2.20 bits per heavy atom. The predicted molar refractivity (Wildman–Crippen MR) is 84.4 cm³/mol. The maximum Gasteiger partial charge on any atom is 0.211 e. The summed E-state index contributed by atoms with van der Waals surface area (Å²) < 4.78 is 24.6. The second-order valence-electron chi connectivity index (χ2n) is 5.91. The molecule has 1 aliphatic rings. The van der Waals surface area contributed by atoms with Crippen LogP contribution in [0.15, 0.2) is 0 Å². The molecule has 0 spiro atoms. The SMILES string of the molecule is CCCNC(CN1CCN(S(C)(=O)=O)CC1)C(C)CC. The zero-order chi connectivity index (χ0) is 15.2. The zero-order valence-electron chi connectivity index (χ0n) is 13.4. The van der Waals surface area contributed by atoms with Gasteiger partial charge in [-0.25, -0.2) is 8.42 Å². The Morgan fingerprint density at radius 2 is 1.75 bits per heavy atom. The molecule has 1 saturated heterocycles. The highest BCUT2D eigenvalue weighted by Gasteiger charge is 2.26. The monoisotopic (exact) mass is 305 g/mol. The molecular weight excluding hydrogens is 274 g/mol. The average molecular weight is 305 g/mol. The molecule has 0 radical (unpaired) electrons. The zero-order valence-corrected chi connectivity index (χ0v) is 14.2. The number of sulfonamides is 1. The molecule has 0 aliphatic carbocycles. The Kier molecular flexibility index (Phi) is 7.43. The van der Waals surface area contributed by atoms with Gasteiger partial charge in [-0.3, -0.25) is 4.90 Å². The van der Waals surface area contributed by atoms with Gasteiger partial charge in [0.05, 0.1) is 6.26 Å². The van der Waals surface area contributed by atoms with Crippen molar-refractivity contribution in [2.75, 3.05) is 45.5 Å². The van der Waals surface area contributed by atoms with E-state index in [1.807, 2.05) is 0 Å². The number of hydrogen-bond donors (Lipinski definition) is 1. The molecule has 120 valence electrons. The highest BCUT2D eigenvalue weighted by Crippen LogP contribution is 2.12. The lowest BCUT2D eigenvalue weighted by molar-refractivity contribution is 0.157. The quantitative estimate of drug-likeness (QED) is 0.726. The van der Waals surface area contributed by atoms with Crippen LogP contribution >= 0.6 is 0 Å². The fourth-order valence-corrected chi connectivity index (χ4v) is 3.41. The summed E-state index contributed by atoms with van der Waals surface area (Å²) >= 11 is 0. The van der Waals surface area contributed by atoms with Crippen LogP contribution < -0.4 is 5.32 Å². The van der Waals surface area contributed by atoms with E-state index in [1.54, 1.807) is 4.31 Å². The van der Waals surface area contributed by atoms with Crippen LogP contribution in [0.5, 0.6) is 0 Å². The van der Waals surface area contributed by atoms with Gasteiger partial charge in [-0.2, -0.15) is 4.31 Å². The number of hydrogen-bond acceptors (Lipinski definition) is 4. The van der Waals surface area contributed by atoms with E-state index in [0.29, 0.717) is 25.0 Å². The molecule has 1 heterocycles. The van der Waals surface area contributed by atoms with Crippen molar-refractivity contribution in [2.45, 2.75) is 39.7 Å². The second kappa shape index (κ2) is 8.32. The molecule has 0 aromatic heterocycles. The van der Waals surface area contributed by atoms with Crippen LogP contribution in [-0.4, -0.2) is 69.2 Å². The molecule has 0 bridgehead atoms. The summed E-state index contributed by atoms with van der Waals surface area (Å²) in [6, 6.07) is 0.504. The number of nitrogens with zero attached hydrogens (tertiary/aromatic N) is 2. The molecule has 1 N–H and O–H groups in total. The van der Waals surface area contributed by atoms with Gasteiger partial charge in [0, 0.05) is 38.8 Å². The summed E-state index contributed by atoms with van der Waals surface area (Å²) in [6.07, 6.45) is 3.62. The summed E-state index contributed by atoms with van der Waals surface area (Å²) in [5, 5.41) is 3.64. The van der Waals surface area contributed by atoms with E-state index in [-0.39, 0.29) is 0 Å². The van der Waals surface area contributed by atoms with E-state index in [9.17, 15) is 8.42 Å². The largest absolute Gasteiger partial charge is 0.312 e. The Bertz CT molecular complexity index is 365. The smallest absolute Gasteiger partial charge is 0.211 e. The van der Waals surface area contributed by atoms with Crippen molar-refractivity contribution in [3.63, 3.8) is 0 Å². The average Bonchev–Trinajstić information content (AvgIpc) is 2.42. The van der Waals surface area contributed by atoms with Crippen molar-refractivity contribution >= 4 is 10.0 Å². The summed E-state index contributed by atoms with van der Waals surface area (Å²) in [5.41, 5.74) is 0. The van der Waals surface area contributed by atoms with Crippen molar-refractivity contribution < 1.29 is 8.42 Å². The van der Waals surface area contributed by atoms with E-state index >= 15 is 0 Å². The van der Waals surface area contributed by atoms with Crippen molar-refractivity contribution in [2.24, 2.45) is 5.92 Å². The fraction of sp³-hybridized carbons (Fsp3) is 1.00. The van der Waals surface area contributed by atoms with Gasteiger partial charge in [0.1, 0.15) is 0 Å². The normalized spacial score (nSPS) is 21.8. The summed E-state index contributed by atoms with van der Waals surface area (Å²) in [5.74, 6) is 0.648. The number of rotatable bonds is 8. The molecular formula is C14H31N3O2S. The van der Waals surface area contributed by atoms with Crippen LogP contribution in [0.4, 0.5) is 0 Å². The van der Waals surface area contributed by atoms with Gasteiger partial charge in [-0.15, -0.1) is 0 Å². The van der Waals surface area contributed by atoms with Crippen molar-refractivity contribution in [3.8, 4) is 0 Å². The van der Waals surface area contributed by atoms with Crippen LogP contribution in [0.3, 0.4) is 0 Å². The van der Waals surface area contributed by atoms with Crippen LogP contribution in [0.25, 0.3) is 0 Å². The van der Waals surface area contributed by atoms with E-state index < -0.39 is 10.0 Å². The van der Waals surface area contributed by atoms with Gasteiger partial charge in [0.2, 0.25) is 10.0 Å². The molecule has 5 nitrogen and oxygen atoms in total. The lowest BCUT2D eigenvalue weighted by Crippen LogP contribution is -2.53. The van der Waals surface area contributed by atoms with Gasteiger partial charge in [-0.05, 0) is 18.9 Å². The molecule has 6 heteroatoms. The Balaban J connectivity index is 2.46. The van der Waals surface area contributed by atoms with E-state index in [0.717, 1.165) is 32.6 Å². The van der Waals surface area contributed by atoms with E-state index in [2.05, 4.69) is 31.0 Å². The minimum atomic E-state index is -3.02. The predicted octanol–water partition coefficient (Wildman–Crippen LogP) is 0.978. The molecule has 1 fully saturated rings. The van der Waals surface area contributed by atoms with Gasteiger partial charge < -0.3 is 5.32 Å². The topological polar surface area (TPSA) is 52.6 Å². The number of nitrogens with one attached hydrogen (secondary N) is 1. The Morgan fingerprint density at radius 1 is 1.15 bits per heavy atom. The molecule has 1 rings (SSSR count). The Hall–Kier alpha value is -0.170. The summed E-state index contributed by atoms with van der Waals surface area (Å²) in [4.78, 5) is 2.39. The second-order valence-corrected chi connectivity index (χ2v) is 7.89. The molecule has 0 aromatic carbocycles. The van der Waals surface area contributed by atoms with Gasteiger partial charge in [-0.1, -0.05) is 27.2 Å². The summed E-state index contributed by atoms with van der Waals surface area (Å²) in [7, 11) is -3.02. The maximum absolute atomic E-state index is 11.5. The standard InChI is InChI=1S/C14H31N3O2S/c1-5-7-15-14(13(3)6-2)12-16-8-10-17(11-9-16)20(4,18)19/h13-15H,5-12H2,1-4H3. The van der Waals surface area contributed by atoms with Crippen molar-refractivity contribution in [1.29, 1.82) is 0 Å².